The molecule has 5 nitrogen and oxygen atoms in total. The zero-order valence-corrected chi connectivity index (χ0v) is 11.1. The number of anilines is 1. The molecule has 0 bridgehead atoms. The van der Waals surface area contributed by atoms with Crippen LogP contribution in [-0.2, 0) is 4.74 Å². The molecule has 0 aromatic carbocycles. The first-order valence-corrected chi connectivity index (χ1v) is 5.51. The van der Waals surface area contributed by atoms with Gasteiger partial charge in [-0.3, -0.25) is 5.32 Å². The minimum absolute atomic E-state index is 0.144. The van der Waals surface area contributed by atoms with Gasteiger partial charge in [0.05, 0.1) is 10.7 Å². The Balaban J connectivity index is 2.81. The largest absolute Gasteiger partial charge is 0.444 e. The van der Waals surface area contributed by atoms with Gasteiger partial charge < -0.3 is 4.74 Å². The van der Waals surface area contributed by atoms with Gasteiger partial charge in [-0.25, -0.2) is 4.79 Å². The van der Waals surface area contributed by atoms with Crippen molar-refractivity contribution in [1.82, 2.24) is 9.78 Å². The highest BCUT2D eigenvalue weighted by molar-refractivity contribution is 9.10. The molecule has 0 unspecified atom stereocenters. The molecule has 0 radical (unpaired) electrons. The first-order valence-electron chi connectivity index (χ1n) is 4.72. The molecule has 17 heavy (non-hydrogen) atoms. The summed E-state index contributed by atoms with van der Waals surface area (Å²) in [6.07, 6.45) is 0.347. The molecule has 0 aliphatic heterocycles. The fourth-order valence-electron chi connectivity index (χ4n) is 1.01. The van der Waals surface area contributed by atoms with Crippen LogP contribution in [0.25, 0.3) is 0 Å². The third-order valence-electron chi connectivity index (χ3n) is 1.56. The molecule has 8 heteroatoms. The summed E-state index contributed by atoms with van der Waals surface area (Å²) < 4.78 is 30.6. The van der Waals surface area contributed by atoms with E-state index in [4.69, 9.17) is 4.74 Å². The number of rotatable bonds is 2. The number of nitrogens with zero attached hydrogens (tertiary/aromatic N) is 2. The SMILES string of the molecule is CC(C)(C)OC(=O)Nc1c(Br)cnn1C(F)F. The van der Waals surface area contributed by atoms with Crippen LogP contribution < -0.4 is 5.32 Å². The maximum Gasteiger partial charge on any atom is 0.413 e. The molecule has 1 amide bonds. The van der Waals surface area contributed by atoms with E-state index in [0.717, 1.165) is 0 Å². The van der Waals surface area contributed by atoms with Crippen molar-refractivity contribution >= 4 is 27.8 Å². The molecule has 0 fully saturated rings. The Morgan fingerprint density at radius 3 is 2.65 bits per heavy atom. The van der Waals surface area contributed by atoms with Crippen molar-refractivity contribution in [2.75, 3.05) is 5.32 Å². The van der Waals surface area contributed by atoms with Gasteiger partial charge in [0, 0.05) is 0 Å². The summed E-state index contributed by atoms with van der Waals surface area (Å²) in [4.78, 5) is 11.4. The molecule has 1 aromatic heterocycles. The highest BCUT2D eigenvalue weighted by Crippen LogP contribution is 2.26. The summed E-state index contributed by atoms with van der Waals surface area (Å²) in [6.45, 7) is 2.18. The summed E-state index contributed by atoms with van der Waals surface area (Å²) in [5.41, 5.74) is -0.702. The monoisotopic (exact) mass is 311 g/mol. The van der Waals surface area contributed by atoms with Crippen LogP contribution in [0, 0.1) is 0 Å². The molecule has 1 N–H and O–H groups in total. The average molecular weight is 312 g/mol. The van der Waals surface area contributed by atoms with E-state index in [1.54, 1.807) is 20.8 Å². The van der Waals surface area contributed by atoms with Crippen molar-refractivity contribution in [1.29, 1.82) is 0 Å². The van der Waals surface area contributed by atoms with Crippen LogP contribution in [0.4, 0.5) is 19.4 Å². The molecule has 1 rings (SSSR count). The Morgan fingerprint density at radius 1 is 1.59 bits per heavy atom. The lowest BCUT2D eigenvalue weighted by atomic mass is 10.2. The predicted molar refractivity (Wildman–Crippen MR) is 61.0 cm³/mol. The summed E-state index contributed by atoms with van der Waals surface area (Å²) in [5, 5.41) is 5.62. The molecule has 1 heterocycles. The zero-order valence-electron chi connectivity index (χ0n) is 9.50. The predicted octanol–water partition coefficient (Wildman–Crippen LogP) is 3.39. The van der Waals surface area contributed by atoms with Crippen LogP contribution in [0.1, 0.15) is 27.3 Å². The molecule has 96 valence electrons. The number of hydrogen-bond acceptors (Lipinski definition) is 3. The molecular weight excluding hydrogens is 300 g/mol. The first kappa shape index (κ1) is 13.9. The minimum atomic E-state index is -2.84. The standard InChI is InChI=1S/C9H12BrF2N3O2/c1-9(2,3)17-8(16)14-6-5(10)4-13-15(6)7(11)12/h4,7H,1-3H3,(H,14,16). The van der Waals surface area contributed by atoms with Crippen molar-refractivity contribution in [3.63, 3.8) is 0 Å². The number of aromatic nitrogens is 2. The fraction of sp³-hybridized carbons (Fsp3) is 0.556. The molecule has 0 saturated heterocycles. The minimum Gasteiger partial charge on any atom is -0.444 e. The number of alkyl halides is 2. The number of carbonyl (C=O) groups excluding carboxylic acids is 1. The number of carbonyl (C=O) groups is 1. The lowest BCUT2D eigenvalue weighted by molar-refractivity contribution is 0.0558. The Kier molecular flexibility index (Phi) is 4.07. The smallest absolute Gasteiger partial charge is 0.413 e. The summed E-state index contributed by atoms with van der Waals surface area (Å²) in [5.74, 6) is -0.144. The van der Waals surface area contributed by atoms with Gasteiger partial charge in [0.25, 0.3) is 0 Å². The highest BCUT2D eigenvalue weighted by Gasteiger charge is 2.21. The van der Waals surface area contributed by atoms with E-state index >= 15 is 0 Å². The van der Waals surface area contributed by atoms with Gasteiger partial charge in [-0.05, 0) is 36.7 Å². The Bertz CT molecular complexity index is 415. The fourth-order valence-corrected chi connectivity index (χ4v) is 1.38. The molecular formula is C9H12BrF2N3O2. The molecule has 0 saturated carbocycles. The summed E-state index contributed by atoms with van der Waals surface area (Å²) >= 11 is 3.01. The van der Waals surface area contributed by atoms with Gasteiger partial charge in [-0.15, -0.1) is 0 Å². The van der Waals surface area contributed by atoms with E-state index in [2.05, 4.69) is 26.3 Å². The Hall–Kier alpha value is -1.18. The van der Waals surface area contributed by atoms with Crippen LogP contribution >= 0.6 is 15.9 Å². The third kappa shape index (κ3) is 3.95. The zero-order chi connectivity index (χ0) is 13.2. The van der Waals surface area contributed by atoms with E-state index in [1.165, 1.54) is 6.20 Å². The van der Waals surface area contributed by atoms with Crippen molar-refractivity contribution in [2.45, 2.75) is 32.9 Å². The van der Waals surface area contributed by atoms with Crippen molar-refractivity contribution in [3.05, 3.63) is 10.7 Å². The lowest BCUT2D eigenvalue weighted by Gasteiger charge is -2.19. The Labute approximate surface area is 105 Å². The molecule has 0 spiro atoms. The van der Waals surface area contributed by atoms with Crippen molar-refractivity contribution < 1.29 is 18.3 Å². The number of hydrogen-bond donors (Lipinski definition) is 1. The quantitative estimate of drug-likeness (QED) is 0.911. The van der Waals surface area contributed by atoms with Crippen LogP contribution in [0.15, 0.2) is 10.7 Å². The van der Waals surface area contributed by atoms with Gasteiger partial charge >= 0.3 is 12.6 Å². The third-order valence-corrected chi connectivity index (χ3v) is 2.14. The maximum atomic E-state index is 12.5. The Morgan fingerprint density at radius 2 is 2.18 bits per heavy atom. The van der Waals surface area contributed by atoms with Gasteiger partial charge in [0.2, 0.25) is 0 Å². The second-order valence-electron chi connectivity index (χ2n) is 4.19. The van der Waals surface area contributed by atoms with E-state index in [-0.39, 0.29) is 10.3 Å². The van der Waals surface area contributed by atoms with Crippen LogP contribution in [0.5, 0.6) is 0 Å². The van der Waals surface area contributed by atoms with Crippen molar-refractivity contribution in [2.24, 2.45) is 0 Å². The second kappa shape index (κ2) is 4.99. The average Bonchev–Trinajstić information content (AvgIpc) is 2.44. The molecule has 0 aliphatic carbocycles. The number of halogens is 3. The van der Waals surface area contributed by atoms with Gasteiger partial charge in [0.1, 0.15) is 5.60 Å². The lowest BCUT2D eigenvalue weighted by Crippen LogP contribution is -2.28. The normalized spacial score (nSPS) is 11.7. The number of amides is 1. The van der Waals surface area contributed by atoms with Gasteiger partial charge in [-0.1, -0.05) is 0 Å². The summed E-state index contributed by atoms with van der Waals surface area (Å²) in [6, 6.07) is 0. The van der Waals surface area contributed by atoms with Gasteiger partial charge in [-0.2, -0.15) is 18.6 Å². The number of ether oxygens (including phenoxy) is 1. The van der Waals surface area contributed by atoms with E-state index < -0.39 is 18.2 Å². The maximum absolute atomic E-state index is 12.5. The molecule has 1 aromatic rings. The topological polar surface area (TPSA) is 56.1 Å². The summed E-state index contributed by atoms with van der Waals surface area (Å²) in [7, 11) is 0. The van der Waals surface area contributed by atoms with Crippen molar-refractivity contribution in [3.8, 4) is 0 Å². The second-order valence-corrected chi connectivity index (χ2v) is 5.04. The highest BCUT2D eigenvalue weighted by atomic mass is 79.9. The molecule has 0 aliphatic rings. The van der Waals surface area contributed by atoms with Crippen LogP contribution in [0.3, 0.4) is 0 Å². The van der Waals surface area contributed by atoms with E-state index in [0.29, 0.717) is 4.68 Å². The molecule has 0 atom stereocenters. The first-order chi connectivity index (χ1) is 7.70. The van der Waals surface area contributed by atoms with E-state index in [1.807, 2.05) is 0 Å². The van der Waals surface area contributed by atoms with Crippen LogP contribution in [-0.4, -0.2) is 21.5 Å². The number of nitrogens with one attached hydrogen (secondary N) is 1. The van der Waals surface area contributed by atoms with Gasteiger partial charge in [0.15, 0.2) is 5.82 Å². The van der Waals surface area contributed by atoms with E-state index in [9.17, 15) is 13.6 Å². The van der Waals surface area contributed by atoms with Crippen LogP contribution in [0.2, 0.25) is 0 Å².